The first-order valence-corrected chi connectivity index (χ1v) is 3.83. The summed E-state index contributed by atoms with van der Waals surface area (Å²) in [6.07, 6.45) is 0. The number of para-hydroxylation sites is 2. The minimum absolute atomic E-state index is 1.01. The van der Waals surface area contributed by atoms with Crippen LogP contribution in [0.2, 0.25) is 0 Å². The van der Waals surface area contributed by atoms with Crippen molar-refractivity contribution in [2.75, 3.05) is 24.9 Å². The minimum Gasteiger partial charge on any atom is -0.320 e. The van der Waals surface area contributed by atoms with E-state index in [0.717, 1.165) is 11.4 Å². The number of hydrogen-bond donors (Lipinski definition) is 4. The second kappa shape index (κ2) is 4.58. The lowest BCUT2D eigenvalue weighted by atomic mass is 10.3. The molecule has 0 fully saturated rings. The van der Waals surface area contributed by atoms with E-state index in [1.165, 1.54) is 0 Å². The fourth-order valence-corrected chi connectivity index (χ4v) is 0.970. The van der Waals surface area contributed by atoms with Crippen molar-refractivity contribution in [2.24, 2.45) is 0 Å². The van der Waals surface area contributed by atoms with E-state index < -0.39 is 0 Å². The fourth-order valence-electron chi connectivity index (χ4n) is 0.970. The first-order valence-electron chi connectivity index (χ1n) is 3.83. The molecule has 0 saturated carbocycles. The molecule has 0 bridgehead atoms. The van der Waals surface area contributed by atoms with Gasteiger partial charge in [0.25, 0.3) is 0 Å². The maximum absolute atomic E-state index is 3.01. The summed E-state index contributed by atoms with van der Waals surface area (Å²) in [5.74, 6) is 0. The highest BCUT2D eigenvalue weighted by atomic mass is 15.4. The van der Waals surface area contributed by atoms with Crippen molar-refractivity contribution in [3.63, 3.8) is 0 Å². The predicted molar refractivity (Wildman–Crippen MR) is 51.8 cm³/mol. The molecule has 4 N–H and O–H groups in total. The molecule has 12 heavy (non-hydrogen) atoms. The average molecular weight is 166 g/mol. The van der Waals surface area contributed by atoms with Crippen LogP contribution in [0.15, 0.2) is 24.3 Å². The van der Waals surface area contributed by atoms with Crippen LogP contribution in [-0.2, 0) is 0 Å². The largest absolute Gasteiger partial charge is 0.320 e. The standard InChI is InChI=1S/C8H14N4/c1-9-11-7-5-3-4-6-8(7)12-10-2/h3-6,9-12H,1-2H3. The van der Waals surface area contributed by atoms with Crippen LogP contribution in [0, 0.1) is 0 Å². The molecular formula is C8H14N4. The summed E-state index contributed by atoms with van der Waals surface area (Å²) in [6.45, 7) is 0. The highest BCUT2D eigenvalue weighted by Gasteiger charge is 1.96. The Morgan fingerprint density at radius 3 is 1.58 bits per heavy atom. The summed E-state index contributed by atoms with van der Waals surface area (Å²) >= 11 is 0. The Labute approximate surface area is 72.3 Å². The topological polar surface area (TPSA) is 48.1 Å². The Balaban J connectivity index is 2.77. The molecule has 1 aromatic rings. The van der Waals surface area contributed by atoms with Crippen molar-refractivity contribution in [3.05, 3.63) is 24.3 Å². The summed E-state index contributed by atoms with van der Waals surface area (Å²) in [5.41, 5.74) is 13.8. The van der Waals surface area contributed by atoms with Crippen LogP contribution in [0.3, 0.4) is 0 Å². The molecule has 0 aliphatic heterocycles. The molecule has 0 aliphatic rings. The second-order valence-corrected chi connectivity index (χ2v) is 2.30. The molecule has 4 heteroatoms. The molecular weight excluding hydrogens is 152 g/mol. The van der Waals surface area contributed by atoms with Crippen LogP contribution in [0.25, 0.3) is 0 Å². The number of hydrogen-bond acceptors (Lipinski definition) is 4. The van der Waals surface area contributed by atoms with Gasteiger partial charge < -0.3 is 10.9 Å². The van der Waals surface area contributed by atoms with E-state index in [0.29, 0.717) is 0 Å². The Morgan fingerprint density at radius 1 is 0.833 bits per heavy atom. The van der Waals surface area contributed by atoms with Crippen molar-refractivity contribution >= 4 is 11.4 Å². The van der Waals surface area contributed by atoms with Gasteiger partial charge in [-0.25, -0.2) is 10.9 Å². The minimum atomic E-state index is 1.01. The number of anilines is 2. The van der Waals surface area contributed by atoms with Crippen molar-refractivity contribution in [1.82, 2.24) is 10.9 Å². The van der Waals surface area contributed by atoms with Gasteiger partial charge in [0.15, 0.2) is 0 Å². The third-order valence-corrected chi connectivity index (χ3v) is 1.45. The Bertz CT molecular complexity index is 211. The van der Waals surface area contributed by atoms with Gasteiger partial charge in [-0.2, -0.15) is 0 Å². The quantitative estimate of drug-likeness (QED) is 0.499. The molecule has 0 aliphatic carbocycles. The Morgan fingerprint density at radius 2 is 1.25 bits per heavy atom. The van der Waals surface area contributed by atoms with Crippen LogP contribution in [0.4, 0.5) is 11.4 Å². The Hall–Kier alpha value is -1.26. The number of benzene rings is 1. The van der Waals surface area contributed by atoms with Crippen molar-refractivity contribution < 1.29 is 0 Å². The van der Waals surface area contributed by atoms with Crippen molar-refractivity contribution in [3.8, 4) is 0 Å². The van der Waals surface area contributed by atoms with Gasteiger partial charge in [0, 0.05) is 14.1 Å². The molecule has 0 amide bonds. The molecule has 0 saturated heterocycles. The number of nitrogens with one attached hydrogen (secondary N) is 4. The fraction of sp³-hybridized carbons (Fsp3) is 0.250. The molecule has 0 atom stereocenters. The second-order valence-electron chi connectivity index (χ2n) is 2.30. The zero-order chi connectivity index (χ0) is 8.81. The van der Waals surface area contributed by atoms with E-state index in [4.69, 9.17) is 0 Å². The van der Waals surface area contributed by atoms with E-state index in [1.807, 2.05) is 38.4 Å². The van der Waals surface area contributed by atoms with Gasteiger partial charge in [0.2, 0.25) is 0 Å². The molecule has 0 unspecified atom stereocenters. The van der Waals surface area contributed by atoms with Gasteiger partial charge in [-0.1, -0.05) is 12.1 Å². The van der Waals surface area contributed by atoms with Gasteiger partial charge in [-0.05, 0) is 12.1 Å². The van der Waals surface area contributed by atoms with Gasteiger partial charge in [0.1, 0.15) is 0 Å². The lowest BCUT2D eigenvalue weighted by Crippen LogP contribution is -2.20. The third kappa shape index (κ3) is 2.11. The van der Waals surface area contributed by atoms with E-state index in [1.54, 1.807) is 0 Å². The van der Waals surface area contributed by atoms with Crippen LogP contribution in [0.1, 0.15) is 0 Å². The SMILES string of the molecule is CNNc1ccccc1NNC. The van der Waals surface area contributed by atoms with Gasteiger partial charge in [0.05, 0.1) is 11.4 Å². The van der Waals surface area contributed by atoms with Crippen LogP contribution in [0.5, 0.6) is 0 Å². The average Bonchev–Trinajstić information content (AvgIpc) is 2.09. The molecule has 1 aromatic carbocycles. The Kier molecular flexibility index (Phi) is 3.37. The van der Waals surface area contributed by atoms with E-state index in [9.17, 15) is 0 Å². The van der Waals surface area contributed by atoms with E-state index >= 15 is 0 Å². The van der Waals surface area contributed by atoms with Crippen LogP contribution in [-0.4, -0.2) is 14.1 Å². The van der Waals surface area contributed by atoms with Crippen LogP contribution >= 0.6 is 0 Å². The summed E-state index contributed by atoms with van der Waals surface area (Å²) in [5, 5.41) is 0. The third-order valence-electron chi connectivity index (χ3n) is 1.45. The molecule has 0 spiro atoms. The smallest absolute Gasteiger partial charge is 0.0733 e. The first-order chi connectivity index (χ1) is 5.88. The normalized spacial score (nSPS) is 9.50. The summed E-state index contributed by atoms with van der Waals surface area (Å²) < 4.78 is 0. The lowest BCUT2D eigenvalue weighted by molar-refractivity contribution is 0.961. The highest BCUT2D eigenvalue weighted by molar-refractivity contribution is 5.67. The van der Waals surface area contributed by atoms with Crippen molar-refractivity contribution in [1.29, 1.82) is 0 Å². The maximum Gasteiger partial charge on any atom is 0.0733 e. The molecule has 0 radical (unpaired) electrons. The van der Waals surface area contributed by atoms with E-state index in [-0.39, 0.29) is 0 Å². The zero-order valence-corrected chi connectivity index (χ0v) is 7.31. The zero-order valence-electron chi connectivity index (χ0n) is 7.31. The highest BCUT2D eigenvalue weighted by Crippen LogP contribution is 2.18. The lowest BCUT2D eigenvalue weighted by Gasteiger charge is -2.11. The maximum atomic E-state index is 3.01. The first kappa shape index (κ1) is 8.83. The molecule has 1 rings (SSSR count). The summed E-state index contributed by atoms with van der Waals surface area (Å²) in [4.78, 5) is 0. The van der Waals surface area contributed by atoms with Crippen LogP contribution < -0.4 is 21.7 Å². The summed E-state index contributed by atoms with van der Waals surface area (Å²) in [6, 6.07) is 7.91. The summed E-state index contributed by atoms with van der Waals surface area (Å²) in [7, 11) is 3.66. The number of rotatable bonds is 4. The van der Waals surface area contributed by atoms with E-state index in [2.05, 4.69) is 21.7 Å². The molecule has 0 aromatic heterocycles. The molecule has 0 heterocycles. The van der Waals surface area contributed by atoms with Crippen molar-refractivity contribution in [2.45, 2.75) is 0 Å². The predicted octanol–water partition coefficient (Wildman–Crippen LogP) is 0.779. The molecule has 66 valence electrons. The van der Waals surface area contributed by atoms with Gasteiger partial charge in [-0.3, -0.25) is 0 Å². The number of hydrazine groups is 2. The van der Waals surface area contributed by atoms with Gasteiger partial charge >= 0.3 is 0 Å². The monoisotopic (exact) mass is 166 g/mol. The molecule has 4 nitrogen and oxygen atoms in total. The van der Waals surface area contributed by atoms with Gasteiger partial charge in [-0.15, -0.1) is 0 Å².